The van der Waals surface area contributed by atoms with E-state index in [1.165, 1.54) is 25.9 Å². The molecule has 0 aromatic heterocycles. The van der Waals surface area contributed by atoms with Crippen LogP contribution in [0.4, 0.5) is 0 Å². The van der Waals surface area contributed by atoms with E-state index in [1.54, 1.807) is 0 Å². The lowest BCUT2D eigenvalue weighted by Gasteiger charge is -2.36. The second-order valence-electron chi connectivity index (χ2n) is 3.99. The number of thioether (sulfide) groups is 1. The van der Waals surface area contributed by atoms with E-state index in [9.17, 15) is 4.79 Å². The molecule has 1 spiro atoms. The molecular weight excluding hydrogens is 170 g/mol. The monoisotopic (exact) mass is 185 g/mol. The molecule has 0 aliphatic carbocycles. The van der Waals surface area contributed by atoms with Gasteiger partial charge in [-0.1, -0.05) is 0 Å². The first-order valence-electron chi connectivity index (χ1n) is 4.54. The molecule has 2 aliphatic rings. The summed E-state index contributed by atoms with van der Waals surface area (Å²) in [4.78, 5) is 13.5. The molecule has 3 heteroatoms. The molecule has 0 aromatic carbocycles. The predicted molar refractivity (Wildman–Crippen MR) is 51.5 cm³/mol. The smallest absolute Gasteiger partial charge is 0.144 e. The van der Waals surface area contributed by atoms with Crippen molar-refractivity contribution >= 4 is 17.5 Å². The zero-order chi connectivity index (χ0) is 8.60. The Hall–Kier alpha value is -0.0200. The fourth-order valence-electron chi connectivity index (χ4n) is 2.04. The highest BCUT2D eigenvalue weighted by Crippen LogP contribution is 2.43. The van der Waals surface area contributed by atoms with Crippen LogP contribution in [0, 0.1) is 0 Å². The van der Waals surface area contributed by atoms with Crippen LogP contribution < -0.4 is 0 Å². The number of carbonyl (C=O) groups excluding carboxylic acids is 1. The minimum atomic E-state index is 0.351. The first kappa shape index (κ1) is 8.57. The molecule has 12 heavy (non-hydrogen) atoms. The molecule has 0 bridgehead atoms. The molecule has 0 atom stereocenters. The van der Waals surface area contributed by atoms with Crippen LogP contribution in [0.3, 0.4) is 0 Å². The van der Waals surface area contributed by atoms with Gasteiger partial charge in [-0.25, -0.2) is 0 Å². The van der Waals surface area contributed by atoms with Gasteiger partial charge in [-0.05, 0) is 33.0 Å². The van der Waals surface area contributed by atoms with Crippen LogP contribution >= 0.6 is 11.8 Å². The summed E-state index contributed by atoms with van der Waals surface area (Å²) in [5.41, 5.74) is 0. The van der Waals surface area contributed by atoms with Crippen LogP contribution in [0.25, 0.3) is 0 Å². The fraction of sp³-hybridized carbons (Fsp3) is 0.889. The van der Waals surface area contributed by atoms with Gasteiger partial charge in [-0.15, -0.1) is 11.8 Å². The molecule has 0 radical (unpaired) electrons. The Morgan fingerprint density at radius 3 is 2.58 bits per heavy atom. The van der Waals surface area contributed by atoms with Gasteiger partial charge in [-0.3, -0.25) is 4.79 Å². The normalized spacial score (nSPS) is 29.9. The number of hydrogen-bond donors (Lipinski definition) is 0. The maximum absolute atomic E-state index is 11.2. The van der Waals surface area contributed by atoms with E-state index < -0.39 is 0 Å². The Morgan fingerprint density at radius 1 is 1.42 bits per heavy atom. The lowest BCUT2D eigenvalue weighted by Crippen LogP contribution is -2.39. The van der Waals surface area contributed by atoms with Crippen molar-refractivity contribution < 1.29 is 4.79 Å². The number of piperidine rings is 1. The second kappa shape index (κ2) is 3.04. The van der Waals surface area contributed by atoms with Gasteiger partial charge < -0.3 is 4.90 Å². The standard InChI is InChI=1S/C9H15NOS/c1-10-4-2-9(3-5-10)6-8(11)7-12-9/h2-7H2,1H3. The summed E-state index contributed by atoms with van der Waals surface area (Å²) in [6.07, 6.45) is 3.26. The summed E-state index contributed by atoms with van der Waals surface area (Å²) in [6.45, 7) is 2.33. The summed E-state index contributed by atoms with van der Waals surface area (Å²) in [5, 5.41) is 0. The number of carbonyl (C=O) groups is 1. The van der Waals surface area contributed by atoms with Crippen molar-refractivity contribution in [3.05, 3.63) is 0 Å². The summed E-state index contributed by atoms with van der Waals surface area (Å²) in [7, 11) is 2.16. The topological polar surface area (TPSA) is 20.3 Å². The van der Waals surface area contributed by atoms with E-state index in [0.717, 1.165) is 12.2 Å². The molecule has 0 saturated carbocycles. The van der Waals surface area contributed by atoms with E-state index in [-0.39, 0.29) is 0 Å². The Kier molecular flexibility index (Phi) is 2.17. The highest BCUT2D eigenvalue weighted by atomic mass is 32.2. The van der Waals surface area contributed by atoms with E-state index in [4.69, 9.17) is 0 Å². The van der Waals surface area contributed by atoms with E-state index >= 15 is 0 Å². The number of likely N-dealkylation sites (tertiary alicyclic amines) is 1. The van der Waals surface area contributed by atoms with Gasteiger partial charge in [-0.2, -0.15) is 0 Å². The Morgan fingerprint density at radius 2 is 2.08 bits per heavy atom. The summed E-state index contributed by atoms with van der Waals surface area (Å²) < 4.78 is 0.351. The molecule has 0 amide bonds. The highest BCUT2D eigenvalue weighted by Gasteiger charge is 2.40. The highest BCUT2D eigenvalue weighted by molar-refractivity contribution is 8.01. The molecule has 2 aliphatic heterocycles. The van der Waals surface area contributed by atoms with Crippen molar-refractivity contribution in [2.75, 3.05) is 25.9 Å². The predicted octanol–water partition coefficient (Wildman–Crippen LogP) is 1.16. The molecule has 2 saturated heterocycles. The fourth-order valence-corrected chi connectivity index (χ4v) is 3.35. The third-order valence-electron chi connectivity index (χ3n) is 2.96. The molecule has 0 unspecified atom stereocenters. The SMILES string of the molecule is CN1CCC2(CC1)CC(=O)CS2. The van der Waals surface area contributed by atoms with Crippen molar-refractivity contribution in [3.8, 4) is 0 Å². The average Bonchev–Trinajstić information content (AvgIpc) is 2.40. The third kappa shape index (κ3) is 1.52. The van der Waals surface area contributed by atoms with Gasteiger partial charge in [0.05, 0.1) is 5.75 Å². The lowest BCUT2D eigenvalue weighted by atomic mass is 9.91. The summed E-state index contributed by atoms with van der Waals surface area (Å²) in [5.74, 6) is 1.23. The van der Waals surface area contributed by atoms with Crippen LogP contribution in [0.2, 0.25) is 0 Å². The van der Waals surface area contributed by atoms with Crippen molar-refractivity contribution in [2.24, 2.45) is 0 Å². The minimum absolute atomic E-state index is 0.351. The quantitative estimate of drug-likeness (QED) is 0.565. The second-order valence-corrected chi connectivity index (χ2v) is 5.43. The first-order valence-corrected chi connectivity index (χ1v) is 5.53. The Labute approximate surface area is 77.7 Å². The van der Waals surface area contributed by atoms with Crippen LogP contribution in [0.1, 0.15) is 19.3 Å². The van der Waals surface area contributed by atoms with E-state index in [0.29, 0.717) is 10.5 Å². The lowest BCUT2D eigenvalue weighted by molar-refractivity contribution is -0.116. The molecule has 2 heterocycles. The summed E-state index contributed by atoms with van der Waals surface area (Å²) in [6, 6.07) is 0. The van der Waals surface area contributed by atoms with Gasteiger partial charge in [0.25, 0.3) is 0 Å². The van der Waals surface area contributed by atoms with Gasteiger partial charge >= 0.3 is 0 Å². The van der Waals surface area contributed by atoms with Gasteiger partial charge in [0.1, 0.15) is 5.78 Å². The number of hydrogen-bond acceptors (Lipinski definition) is 3. The first-order chi connectivity index (χ1) is 5.70. The molecule has 2 fully saturated rings. The number of nitrogens with zero attached hydrogens (tertiary/aromatic N) is 1. The Bertz CT molecular complexity index is 197. The zero-order valence-electron chi connectivity index (χ0n) is 7.51. The van der Waals surface area contributed by atoms with Crippen molar-refractivity contribution in [2.45, 2.75) is 24.0 Å². The molecular formula is C9H15NOS. The van der Waals surface area contributed by atoms with Crippen molar-refractivity contribution in [1.29, 1.82) is 0 Å². The van der Waals surface area contributed by atoms with Crippen LogP contribution in [-0.4, -0.2) is 41.3 Å². The number of ketones is 1. The maximum Gasteiger partial charge on any atom is 0.144 e. The zero-order valence-corrected chi connectivity index (χ0v) is 8.32. The minimum Gasteiger partial charge on any atom is -0.306 e. The summed E-state index contributed by atoms with van der Waals surface area (Å²) >= 11 is 1.90. The van der Waals surface area contributed by atoms with Crippen LogP contribution in [0.5, 0.6) is 0 Å². The third-order valence-corrected chi connectivity index (χ3v) is 4.59. The van der Waals surface area contributed by atoms with Gasteiger partial charge in [0, 0.05) is 11.2 Å². The Balaban J connectivity index is 1.99. The molecule has 0 N–H and O–H groups in total. The van der Waals surface area contributed by atoms with E-state index in [2.05, 4.69) is 11.9 Å². The molecule has 0 aromatic rings. The van der Waals surface area contributed by atoms with Gasteiger partial charge in [0.2, 0.25) is 0 Å². The number of Topliss-reactive ketones (excluding diaryl/α,β-unsaturated/α-hetero) is 1. The van der Waals surface area contributed by atoms with Crippen molar-refractivity contribution in [3.63, 3.8) is 0 Å². The molecule has 2 rings (SSSR count). The van der Waals surface area contributed by atoms with Crippen LogP contribution in [-0.2, 0) is 4.79 Å². The van der Waals surface area contributed by atoms with Gasteiger partial charge in [0.15, 0.2) is 0 Å². The largest absolute Gasteiger partial charge is 0.306 e. The molecule has 2 nitrogen and oxygen atoms in total. The van der Waals surface area contributed by atoms with E-state index in [1.807, 2.05) is 11.8 Å². The molecule has 68 valence electrons. The number of rotatable bonds is 0. The average molecular weight is 185 g/mol. The van der Waals surface area contributed by atoms with Crippen molar-refractivity contribution in [1.82, 2.24) is 4.90 Å². The van der Waals surface area contributed by atoms with Crippen LogP contribution in [0.15, 0.2) is 0 Å². The maximum atomic E-state index is 11.2.